The molecule has 2 fully saturated rings. The predicted molar refractivity (Wildman–Crippen MR) is 88.5 cm³/mol. The van der Waals surface area contributed by atoms with Gasteiger partial charge in [0, 0.05) is 24.7 Å². The number of carbonyl (C=O) groups excluding carboxylic acids is 2. The number of rotatable bonds is 4. The number of carbonyl (C=O) groups is 3. The molecular weight excluding hydrogens is 308 g/mol. The van der Waals surface area contributed by atoms with Gasteiger partial charge in [-0.1, -0.05) is 17.7 Å². The maximum absolute atomic E-state index is 12.4. The zero-order valence-corrected chi connectivity index (χ0v) is 13.7. The minimum Gasteiger partial charge on any atom is -0.481 e. The van der Waals surface area contributed by atoms with Gasteiger partial charge in [0.05, 0.1) is 11.8 Å². The third-order valence-corrected chi connectivity index (χ3v) is 4.97. The van der Waals surface area contributed by atoms with Gasteiger partial charge >= 0.3 is 5.97 Å². The molecule has 1 aromatic carbocycles. The lowest BCUT2D eigenvalue weighted by atomic mass is 10.1. The Balaban J connectivity index is 1.58. The number of hydrogen-bond acceptors (Lipinski definition) is 3. The van der Waals surface area contributed by atoms with Crippen LogP contribution >= 0.6 is 0 Å². The van der Waals surface area contributed by atoms with Gasteiger partial charge in [-0.3, -0.25) is 14.4 Å². The van der Waals surface area contributed by atoms with E-state index in [0.29, 0.717) is 25.8 Å². The summed E-state index contributed by atoms with van der Waals surface area (Å²) in [4.78, 5) is 37.3. The van der Waals surface area contributed by atoms with Gasteiger partial charge in [0.15, 0.2) is 0 Å². The van der Waals surface area contributed by atoms with E-state index < -0.39 is 5.97 Å². The van der Waals surface area contributed by atoms with Gasteiger partial charge in [0.1, 0.15) is 0 Å². The molecule has 6 heteroatoms. The molecule has 2 N–H and O–H groups in total. The van der Waals surface area contributed by atoms with Crippen LogP contribution in [0.1, 0.15) is 31.2 Å². The SMILES string of the molecule is Cc1ccc(N2CC(C(=O)N[C@@H]3CC[C@H](C(=O)O)C3)CC2=O)cc1. The first-order chi connectivity index (χ1) is 11.4. The lowest BCUT2D eigenvalue weighted by molar-refractivity contribution is -0.141. The van der Waals surface area contributed by atoms with E-state index in [0.717, 1.165) is 11.3 Å². The van der Waals surface area contributed by atoms with E-state index >= 15 is 0 Å². The highest BCUT2D eigenvalue weighted by Gasteiger charge is 2.37. The Kier molecular flexibility index (Phi) is 4.55. The van der Waals surface area contributed by atoms with E-state index in [1.54, 1.807) is 4.90 Å². The summed E-state index contributed by atoms with van der Waals surface area (Å²) in [6.45, 7) is 2.36. The third kappa shape index (κ3) is 3.42. The van der Waals surface area contributed by atoms with Crippen molar-refractivity contribution in [2.75, 3.05) is 11.4 Å². The Hall–Kier alpha value is -2.37. The Morgan fingerprint density at radius 3 is 2.50 bits per heavy atom. The van der Waals surface area contributed by atoms with E-state index in [1.807, 2.05) is 31.2 Å². The molecule has 0 aromatic heterocycles. The van der Waals surface area contributed by atoms with E-state index in [1.165, 1.54) is 0 Å². The summed E-state index contributed by atoms with van der Waals surface area (Å²) < 4.78 is 0. The van der Waals surface area contributed by atoms with E-state index in [-0.39, 0.29) is 36.1 Å². The molecule has 1 saturated carbocycles. The molecule has 6 nitrogen and oxygen atoms in total. The van der Waals surface area contributed by atoms with Gasteiger partial charge in [0.2, 0.25) is 11.8 Å². The van der Waals surface area contributed by atoms with E-state index in [4.69, 9.17) is 5.11 Å². The Morgan fingerprint density at radius 1 is 1.17 bits per heavy atom. The summed E-state index contributed by atoms with van der Waals surface area (Å²) in [7, 11) is 0. The topological polar surface area (TPSA) is 86.7 Å². The van der Waals surface area contributed by atoms with Gasteiger partial charge in [0.25, 0.3) is 0 Å². The molecule has 1 aliphatic heterocycles. The van der Waals surface area contributed by atoms with Crippen molar-refractivity contribution < 1.29 is 19.5 Å². The Labute approximate surface area is 140 Å². The largest absolute Gasteiger partial charge is 0.481 e. The van der Waals surface area contributed by atoms with Crippen molar-refractivity contribution in [3.8, 4) is 0 Å². The lowest BCUT2D eigenvalue weighted by Gasteiger charge is -2.18. The highest BCUT2D eigenvalue weighted by Crippen LogP contribution is 2.28. The van der Waals surface area contributed by atoms with Crippen molar-refractivity contribution in [3.63, 3.8) is 0 Å². The summed E-state index contributed by atoms with van der Waals surface area (Å²) in [5.41, 5.74) is 1.93. The minimum absolute atomic E-state index is 0.0474. The number of amides is 2. The number of aryl methyl sites for hydroxylation is 1. The van der Waals surface area contributed by atoms with Crippen LogP contribution in [-0.4, -0.2) is 35.5 Å². The van der Waals surface area contributed by atoms with Crippen molar-refractivity contribution >= 4 is 23.5 Å². The maximum Gasteiger partial charge on any atom is 0.306 e. The number of nitrogens with one attached hydrogen (secondary N) is 1. The molecule has 0 bridgehead atoms. The highest BCUT2D eigenvalue weighted by atomic mass is 16.4. The number of nitrogens with zero attached hydrogens (tertiary/aromatic N) is 1. The number of aliphatic carboxylic acids is 1. The van der Waals surface area contributed by atoms with Crippen molar-refractivity contribution in [1.29, 1.82) is 0 Å². The van der Waals surface area contributed by atoms with Crippen LogP contribution < -0.4 is 10.2 Å². The van der Waals surface area contributed by atoms with Crippen LogP contribution in [-0.2, 0) is 14.4 Å². The van der Waals surface area contributed by atoms with Crippen LogP contribution in [0.3, 0.4) is 0 Å². The van der Waals surface area contributed by atoms with E-state index in [9.17, 15) is 14.4 Å². The standard InChI is InChI=1S/C18H22N2O4/c1-11-2-6-15(7-3-11)20-10-13(9-16(20)21)17(22)19-14-5-4-12(8-14)18(23)24/h2-3,6-7,12-14H,4-5,8-10H2,1H3,(H,19,22)(H,23,24)/t12-,13?,14+/m0/s1. The molecule has 1 unspecified atom stereocenters. The molecule has 0 spiro atoms. The molecule has 3 atom stereocenters. The zero-order chi connectivity index (χ0) is 17.3. The molecule has 1 aliphatic carbocycles. The molecule has 128 valence electrons. The maximum atomic E-state index is 12.4. The zero-order valence-electron chi connectivity index (χ0n) is 13.7. The lowest BCUT2D eigenvalue weighted by Crippen LogP contribution is -2.39. The summed E-state index contributed by atoms with van der Waals surface area (Å²) in [5.74, 6) is -1.73. The molecule has 1 heterocycles. The third-order valence-electron chi connectivity index (χ3n) is 4.97. The molecule has 0 radical (unpaired) electrons. The first-order valence-electron chi connectivity index (χ1n) is 8.34. The van der Waals surface area contributed by atoms with Crippen LogP contribution in [0.4, 0.5) is 5.69 Å². The minimum atomic E-state index is -0.798. The van der Waals surface area contributed by atoms with Crippen molar-refractivity contribution in [1.82, 2.24) is 5.32 Å². The molecule has 24 heavy (non-hydrogen) atoms. The number of anilines is 1. The normalized spacial score (nSPS) is 26.6. The van der Waals surface area contributed by atoms with Crippen molar-refractivity contribution in [3.05, 3.63) is 29.8 Å². The second-order valence-corrected chi connectivity index (χ2v) is 6.79. The van der Waals surface area contributed by atoms with E-state index in [2.05, 4.69) is 5.32 Å². The molecule has 2 aliphatic rings. The monoisotopic (exact) mass is 330 g/mol. The van der Waals surface area contributed by atoms with Crippen LogP contribution in [0.15, 0.2) is 24.3 Å². The van der Waals surface area contributed by atoms with Crippen molar-refractivity contribution in [2.45, 2.75) is 38.6 Å². The van der Waals surface area contributed by atoms with Gasteiger partial charge in [-0.2, -0.15) is 0 Å². The van der Waals surface area contributed by atoms with Crippen molar-refractivity contribution in [2.24, 2.45) is 11.8 Å². The Bertz CT molecular complexity index is 655. The van der Waals surface area contributed by atoms with Gasteiger partial charge in [-0.25, -0.2) is 0 Å². The van der Waals surface area contributed by atoms with Gasteiger partial charge in [-0.15, -0.1) is 0 Å². The first kappa shape index (κ1) is 16.5. The fourth-order valence-electron chi connectivity index (χ4n) is 3.51. The molecule has 2 amide bonds. The highest BCUT2D eigenvalue weighted by molar-refractivity contribution is 6.00. The smallest absolute Gasteiger partial charge is 0.306 e. The summed E-state index contributed by atoms with van der Waals surface area (Å²) in [6.07, 6.45) is 1.96. The van der Waals surface area contributed by atoms with Crippen LogP contribution in [0, 0.1) is 18.8 Å². The molecular formula is C18H22N2O4. The van der Waals surface area contributed by atoms with Gasteiger partial charge in [-0.05, 0) is 38.3 Å². The number of carboxylic acids is 1. The summed E-state index contributed by atoms with van der Waals surface area (Å²) >= 11 is 0. The average Bonchev–Trinajstić information content (AvgIpc) is 3.15. The molecule has 1 aromatic rings. The van der Waals surface area contributed by atoms with Crippen LogP contribution in [0.5, 0.6) is 0 Å². The number of benzene rings is 1. The quantitative estimate of drug-likeness (QED) is 0.880. The number of carboxylic acid groups (broad SMARTS) is 1. The predicted octanol–water partition coefficient (Wildman–Crippen LogP) is 1.72. The summed E-state index contributed by atoms with van der Waals surface area (Å²) in [5, 5.41) is 12.0. The van der Waals surface area contributed by atoms with Crippen LogP contribution in [0.2, 0.25) is 0 Å². The molecule has 3 rings (SSSR count). The second-order valence-electron chi connectivity index (χ2n) is 6.79. The molecule has 1 saturated heterocycles. The fourth-order valence-corrected chi connectivity index (χ4v) is 3.51. The summed E-state index contributed by atoms with van der Waals surface area (Å²) in [6, 6.07) is 7.58. The van der Waals surface area contributed by atoms with Crippen LogP contribution in [0.25, 0.3) is 0 Å². The second kappa shape index (κ2) is 6.63. The fraction of sp³-hybridized carbons (Fsp3) is 0.500. The number of hydrogen-bond donors (Lipinski definition) is 2. The Morgan fingerprint density at radius 2 is 1.88 bits per heavy atom. The average molecular weight is 330 g/mol. The first-order valence-corrected chi connectivity index (χ1v) is 8.34. The van der Waals surface area contributed by atoms with Gasteiger partial charge < -0.3 is 15.3 Å².